The fraction of sp³-hybridized carbons (Fsp3) is 0. The first-order valence-corrected chi connectivity index (χ1v) is 2.00. The van der Waals surface area contributed by atoms with Crippen LogP contribution in [0.1, 0.15) is 0 Å². The summed E-state index contributed by atoms with van der Waals surface area (Å²) in [6.07, 6.45) is 0. The Balaban J connectivity index is -0.0000000192. The zero-order valence-corrected chi connectivity index (χ0v) is 13.6. The molecule has 19 heavy (non-hydrogen) atoms. The first-order valence-electron chi connectivity index (χ1n) is 2.00. The summed E-state index contributed by atoms with van der Waals surface area (Å²) in [4.78, 5) is 0. The zero-order valence-electron chi connectivity index (χ0n) is 8.06. The van der Waals surface area contributed by atoms with Crippen molar-refractivity contribution < 1.29 is 137 Å². The van der Waals surface area contributed by atoms with Crippen LogP contribution < -0.4 is 42.1 Å². The maximum Gasteiger partial charge on any atom is 3.00 e. The Hall–Kier alpha value is 1.05. The summed E-state index contributed by atoms with van der Waals surface area (Å²) in [7, 11) is 0. The van der Waals surface area contributed by atoms with Crippen LogP contribution in [0.2, 0.25) is 0 Å². The summed E-state index contributed by atoms with van der Waals surface area (Å²) in [6, 6.07) is 0. The molecule has 0 aliphatic heterocycles. The van der Waals surface area contributed by atoms with Gasteiger partial charge in [-0.1, -0.05) is 0 Å². The Labute approximate surface area is 136 Å². The summed E-state index contributed by atoms with van der Waals surface area (Å²) in [5, 5.41) is 84.0. The topological polar surface area (TPSA) is 258 Å². The van der Waals surface area contributed by atoms with Gasteiger partial charge < -0.3 is 82.4 Å². The van der Waals surface area contributed by atoms with Gasteiger partial charge in [-0.05, 0) is 0 Å². The van der Waals surface area contributed by atoms with Crippen molar-refractivity contribution in [1.29, 1.82) is 0 Å². The van der Waals surface area contributed by atoms with Crippen LogP contribution in [0.4, 0.5) is 0 Å². The largest absolute Gasteiger partial charge is 3.00 e. The van der Waals surface area contributed by atoms with Crippen molar-refractivity contribution in [2.24, 2.45) is 0 Å². The average Bonchev–Trinajstić information content (AvgIpc) is 2.39. The molecule has 16 nitrogen and oxygen atoms in total. The average molecular weight is 425 g/mol. The summed E-state index contributed by atoms with van der Waals surface area (Å²) in [6.45, 7) is 0. The molecule has 0 fully saturated rings. The van der Waals surface area contributed by atoms with Crippen molar-refractivity contribution in [3.63, 3.8) is 0 Å². The van der Waals surface area contributed by atoms with Gasteiger partial charge in [0, 0.05) is 0 Å². The molecule has 0 N–H and O–H groups in total. The van der Waals surface area contributed by atoms with E-state index in [9.17, 15) is 0 Å². The monoisotopic (exact) mass is 424 g/mol. The number of hydrogen-bond donors (Lipinski definition) is 0. The van der Waals surface area contributed by atoms with Crippen LogP contribution in [-0.4, -0.2) is 0 Å². The van der Waals surface area contributed by atoms with Gasteiger partial charge in [-0.15, -0.1) is 0 Å². The van der Waals surface area contributed by atoms with Crippen LogP contribution >= 0.6 is 0 Å². The number of hydrogen-bond acceptors (Lipinski definition) is 16. The molecule has 0 atom stereocenters. The predicted octanol–water partition coefficient (Wildman–Crippen LogP) is -10.1. The van der Waals surface area contributed by atoms with Crippen molar-refractivity contribution in [3.05, 3.63) is 0 Å². The van der Waals surface area contributed by atoms with E-state index in [1.807, 2.05) is 0 Å². The molecule has 0 aliphatic rings. The van der Waals surface area contributed by atoms with Gasteiger partial charge in [-0.2, -0.15) is 0 Å². The smallest absolute Gasteiger partial charge is 0.693 e. The van der Waals surface area contributed by atoms with Gasteiger partial charge in [0.15, 0.2) is 0 Å². The molecule has 19 heteroatoms. The molecule has 0 amide bonds. The standard InChI is InChI=1S/2Cr.4H2O4.Zn/c;;4*1-3-4-2;/h;;4*1-2H;/q2*+3;;;;;+2/p-8. The SMILES string of the molecule is [Cr+3].[Cr+3].[O-]OO[O-].[O-]OO[O-].[O-]OO[O-].[O-]OO[O-].[Zn+2]. The van der Waals surface area contributed by atoms with Crippen LogP contribution in [0.25, 0.3) is 0 Å². The van der Waals surface area contributed by atoms with E-state index in [0.29, 0.717) is 0 Å². The van der Waals surface area contributed by atoms with Gasteiger partial charge in [0.2, 0.25) is 0 Å². The molecule has 0 rings (SSSR count). The molecule has 0 aliphatic carbocycles. The summed E-state index contributed by atoms with van der Waals surface area (Å²) < 4.78 is 0. The normalized spacial score (nSPS) is 6.32. The first-order chi connectivity index (χ1) is 7.66. The maximum absolute atomic E-state index is 8.26. The molecule has 0 aromatic carbocycles. The Kier molecular flexibility index (Phi) is 170. The van der Waals surface area contributed by atoms with Gasteiger partial charge in [-0.3, -0.25) is 0 Å². The molecule has 0 aromatic heterocycles. The predicted molar refractivity (Wildman–Crippen MR) is 8.68 cm³/mol. The van der Waals surface area contributed by atoms with Crippen molar-refractivity contribution in [3.8, 4) is 0 Å². The second-order valence-corrected chi connectivity index (χ2v) is 0.544. The Bertz CT molecular complexity index is 38.7. The van der Waals surface area contributed by atoms with Crippen LogP contribution in [-0.2, 0) is 94.5 Å². The Morgan fingerprint density at radius 1 is 0.316 bits per heavy atom. The molecular weight excluding hydrogens is 425 g/mol. The van der Waals surface area contributed by atoms with Crippen LogP contribution in [0.3, 0.4) is 0 Å². The van der Waals surface area contributed by atoms with Crippen LogP contribution in [0.5, 0.6) is 0 Å². The molecule has 0 unspecified atom stereocenters. The maximum atomic E-state index is 8.26. The molecule has 2 radical (unpaired) electrons. The minimum Gasteiger partial charge on any atom is -0.693 e. The Morgan fingerprint density at radius 3 is 0.368 bits per heavy atom. The summed E-state index contributed by atoms with van der Waals surface area (Å²) in [5.74, 6) is 0. The van der Waals surface area contributed by atoms with E-state index in [-0.39, 0.29) is 54.2 Å². The van der Waals surface area contributed by atoms with E-state index in [0.717, 1.165) is 0 Å². The fourth-order valence-electron chi connectivity index (χ4n) is 0. The van der Waals surface area contributed by atoms with E-state index < -0.39 is 0 Å². The third-order valence-electron chi connectivity index (χ3n) is 0.111. The van der Waals surface area contributed by atoms with E-state index in [4.69, 9.17) is 42.1 Å². The van der Waals surface area contributed by atoms with Crippen LogP contribution in [0, 0.1) is 0 Å². The molecule has 0 aromatic rings. The first kappa shape index (κ1) is 42.7. The number of rotatable bonds is 4. The van der Waals surface area contributed by atoms with Crippen LogP contribution in [0.15, 0.2) is 0 Å². The Morgan fingerprint density at radius 2 is 0.368 bits per heavy atom. The van der Waals surface area contributed by atoms with Gasteiger partial charge in [0.25, 0.3) is 0 Å². The third-order valence-corrected chi connectivity index (χ3v) is 0.111. The van der Waals surface area contributed by atoms with E-state index in [1.54, 1.807) is 0 Å². The quantitative estimate of drug-likeness (QED) is 0.230. The van der Waals surface area contributed by atoms with Gasteiger partial charge in [0.05, 0.1) is 0 Å². The van der Waals surface area contributed by atoms with E-state index in [1.165, 1.54) is 0 Å². The minimum atomic E-state index is 0. The van der Waals surface area contributed by atoms with Crippen molar-refractivity contribution >= 4 is 0 Å². The van der Waals surface area contributed by atoms with Gasteiger partial charge >= 0.3 is 54.2 Å². The van der Waals surface area contributed by atoms with Crippen molar-refractivity contribution in [2.45, 2.75) is 0 Å². The summed E-state index contributed by atoms with van der Waals surface area (Å²) >= 11 is 0. The third kappa shape index (κ3) is 217. The molecule has 0 bridgehead atoms. The van der Waals surface area contributed by atoms with E-state index >= 15 is 0 Å². The van der Waals surface area contributed by atoms with Crippen molar-refractivity contribution in [1.82, 2.24) is 0 Å². The second kappa shape index (κ2) is 75.8. The molecule has 110 valence electrons. The van der Waals surface area contributed by atoms with E-state index in [2.05, 4.69) is 40.3 Å². The fourth-order valence-corrected chi connectivity index (χ4v) is 0. The molecule has 0 saturated heterocycles. The molecular formula is Cr2O16Zn. The molecule has 0 heterocycles. The van der Waals surface area contributed by atoms with Gasteiger partial charge in [0.1, 0.15) is 0 Å². The van der Waals surface area contributed by atoms with Gasteiger partial charge in [-0.25, -0.2) is 0 Å². The second-order valence-electron chi connectivity index (χ2n) is 0.544. The molecule has 0 spiro atoms. The van der Waals surface area contributed by atoms with Crippen molar-refractivity contribution in [2.75, 3.05) is 0 Å². The molecule has 0 saturated carbocycles. The summed E-state index contributed by atoms with van der Waals surface area (Å²) in [5.41, 5.74) is 0. The zero-order chi connectivity index (χ0) is 13.7. The minimum absolute atomic E-state index is 0.